The maximum Gasteiger partial charge on any atom is 0.508 e. The van der Waals surface area contributed by atoms with Crippen LogP contribution in [-0.2, 0) is 4.74 Å². The average Bonchev–Trinajstić information content (AvgIpc) is 1.63. The van der Waals surface area contributed by atoms with Crippen LogP contribution in [0.1, 0.15) is 19.8 Å². The summed E-state index contributed by atoms with van der Waals surface area (Å²) in [5.74, 6) is 0. The van der Waals surface area contributed by atoms with Gasteiger partial charge in [0.1, 0.15) is 0 Å². The van der Waals surface area contributed by atoms with Crippen LogP contribution in [0.3, 0.4) is 0 Å². The fraction of sp³-hybridized carbons (Fsp3) is 0.800. The quantitative estimate of drug-likeness (QED) is 0.442. The van der Waals surface area contributed by atoms with Crippen molar-refractivity contribution in [1.82, 2.24) is 0 Å². The highest BCUT2D eigenvalue weighted by molar-refractivity contribution is 5.56. The number of hydrogen-bond donors (Lipinski definition) is 2. The van der Waals surface area contributed by atoms with Crippen LogP contribution in [0.2, 0.25) is 0 Å². The van der Waals surface area contributed by atoms with E-state index in [0.29, 0.717) is 12.8 Å². The molecule has 4 heteroatoms. The number of hydrogen-bond acceptors (Lipinski definition) is 3. The molecular formula is C5H10O4. The molecule has 0 aromatic heterocycles. The summed E-state index contributed by atoms with van der Waals surface area (Å²) in [4.78, 5) is 9.70. The number of rotatable bonds is 3. The van der Waals surface area contributed by atoms with Gasteiger partial charge in [-0.2, -0.15) is 0 Å². The van der Waals surface area contributed by atoms with E-state index in [-0.39, 0.29) is 0 Å². The monoisotopic (exact) mass is 134 g/mol. The van der Waals surface area contributed by atoms with Gasteiger partial charge in [-0.05, 0) is 0 Å². The van der Waals surface area contributed by atoms with Gasteiger partial charge in [0.2, 0.25) is 6.29 Å². The molecule has 0 spiro atoms. The highest BCUT2D eigenvalue weighted by Gasteiger charge is 2.05. The number of ether oxygens (including phenoxy) is 1. The predicted octanol–water partition coefficient (Wildman–Crippen LogP) is 0.800. The Balaban J connectivity index is 3.26. The van der Waals surface area contributed by atoms with Gasteiger partial charge in [0.15, 0.2) is 0 Å². The van der Waals surface area contributed by atoms with Crippen molar-refractivity contribution in [1.29, 1.82) is 0 Å². The van der Waals surface area contributed by atoms with Gasteiger partial charge in [-0.3, -0.25) is 0 Å². The topological polar surface area (TPSA) is 66.8 Å². The Morgan fingerprint density at radius 2 is 2.33 bits per heavy atom. The molecule has 0 aliphatic heterocycles. The van der Waals surface area contributed by atoms with E-state index in [1.54, 1.807) is 0 Å². The summed E-state index contributed by atoms with van der Waals surface area (Å²) in [6, 6.07) is 0. The molecule has 0 radical (unpaired) electrons. The van der Waals surface area contributed by atoms with Gasteiger partial charge in [-0.25, -0.2) is 4.79 Å². The maximum atomic E-state index is 9.70. The van der Waals surface area contributed by atoms with Crippen LogP contribution in [0.4, 0.5) is 4.79 Å². The zero-order valence-corrected chi connectivity index (χ0v) is 5.20. The molecule has 54 valence electrons. The second-order valence-corrected chi connectivity index (χ2v) is 1.63. The molecule has 9 heavy (non-hydrogen) atoms. The Labute approximate surface area is 53.1 Å². The van der Waals surface area contributed by atoms with Crippen molar-refractivity contribution < 1.29 is 19.7 Å². The minimum Gasteiger partial charge on any atom is -0.450 e. The normalized spacial score (nSPS) is 12.7. The number of carbonyl (C=O) groups is 1. The molecule has 0 amide bonds. The highest BCUT2D eigenvalue weighted by Crippen LogP contribution is 1.96. The number of aliphatic hydroxyl groups excluding tert-OH is 1. The lowest BCUT2D eigenvalue weighted by Gasteiger charge is -2.05. The summed E-state index contributed by atoms with van der Waals surface area (Å²) in [5.41, 5.74) is 0. The van der Waals surface area contributed by atoms with Gasteiger partial charge < -0.3 is 14.9 Å². The highest BCUT2D eigenvalue weighted by atomic mass is 16.7. The Bertz CT molecular complexity index is 91.0. The summed E-state index contributed by atoms with van der Waals surface area (Å²) in [5, 5.41) is 16.5. The van der Waals surface area contributed by atoms with Gasteiger partial charge in [0, 0.05) is 6.42 Å². The van der Waals surface area contributed by atoms with Crippen LogP contribution in [0.25, 0.3) is 0 Å². The largest absolute Gasteiger partial charge is 0.508 e. The van der Waals surface area contributed by atoms with Gasteiger partial charge in [-0.15, -0.1) is 0 Å². The maximum absolute atomic E-state index is 9.70. The molecule has 0 aliphatic rings. The summed E-state index contributed by atoms with van der Waals surface area (Å²) < 4.78 is 3.96. The van der Waals surface area contributed by atoms with E-state index in [0.717, 1.165) is 0 Å². The van der Waals surface area contributed by atoms with E-state index in [1.165, 1.54) is 0 Å². The van der Waals surface area contributed by atoms with Gasteiger partial charge in [0.05, 0.1) is 0 Å². The predicted molar refractivity (Wildman–Crippen MR) is 30.0 cm³/mol. The first kappa shape index (κ1) is 8.23. The lowest BCUT2D eigenvalue weighted by Crippen LogP contribution is -2.15. The van der Waals surface area contributed by atoms with E-state index >= 15 is 0 Å². The van der Waals surface area contributed by atoms with Crippen molar-refractivity contribution in [3.63, 3.8) is 0 Å². The molecule has 0 saturated heterocycles. The average molecular weight is 134 g/mol. The molecular weight excluding hydrogens is 124 g/mol. The Kier molecular flexibility index (Phi) is 3.79. The summed E-state index contributed by atoms with van der Waals surface area (Å²) >= 11 is 0. The fourth-order valence-corrected chi connectivity index (χ4v) is 0.422. The van der Waals surface area contributed by atoms with E-state index in [2.05, 4.69) is 4.74 Å². The van der Waals surface area contributed by atoms with E-state index < -0.39 is 12.4 Å². The first-order valence-electron chi connectivity index (χ1n) is 2.74. The number of carboxylic acid groups (broad SMARTS) is 1. The Hall–Kier alpha value is -0.770. The molecule has 0 fully saturated rings. The third kappa shape index (κ3) is 5.10. The van der Waals surface area contributed by atoms with E-state index in [1.807, 2.05) is 6.92 Å². The summed E-state index contributed by atoms with van der Waals surface area (Å²) in [6.07, 6.45) is -1.54. The van der Waals surface area contributed by atoms with Gasteiger partial charge in [0.25, 0.3) is 0 Å². The summed E-state index contributed by atoms with van der Waals surface area (Å²) in [7, 11) is 0. The van der Waals surface area contributed by atoms with Crippen LogP contribution in [0.15, 0.2) is 0 Å². The van der Waals surface area contributed by atoms with Crippen molar-refractivity contribution in [2.24, 2.45) is 0 Å². The Morgan fingerprint density at radius 1 is 1.78 bits per heavy atom. The van der Waals surface area contributed by atoms with Crippen molar-refractivity contribution in [3.8, 4) is 0 Å². The summed E-state index contributed by atoms with van der Waals surface area (Å²) in [6.45, 7) is 1.83. The SMILES string of the molecule is CCC[C@@H](O)OC(=O)O. The third-order valence-corrected chi connectivity index (χ3v) is 0.772. The van der Waals surface area contributed by atoms with Crippen LogP contribution < -0.4 is 0 Å². The Morgan fingerprint density at radius 3 is 2.67 bits per heavy atom. The molecule has 0 rings (SSSR count). The lowest BCUT2D eigenvalue weighted by atomic mass is 10.3. The molecule has 0 unspecified atom stereocenters. The molecule has 0 aliphatic carbocycles. The van der Waals surface area contributed by atoms with Crippen molar-refractivity contribution in [2.75, 3.05) is 0 Å². The third-order valence-electron chi connectivity index (χ3n) is 0.772. The molecule has 0 bridgehead atoms. The second-order valence-electron chi connectivity index (χ2n) is 1.63. The minimum atomic E-state index is -1.43. The molecule has 1 atom stereocenters. The van der Waals surface area contributed by atoms with Gasteiger partial charge in [-0.1, -0.05) is 13.3 Å². The van der Waals surface area contributed by atoms with Crippen molar-refractivity contribution >= 4 is 6.16 Å². The van der Waals surface area contributed by atoms with E-state index in [4.69, 9.17) is 10.2 Å². The molecule has 0 heterocycles. The zero-order valence-electron chi connectivity index (χ0n) is 5.20. The van der Waals surface area contributed by atoms with Crippen molar-refractivity contribution in [3.05, 3.63) is 0 Å². The molecule has 4 nitrogen and oxygen atoms in total. The van der Waals surface area contributed by atoms with Crippen LogP contribution in [0, 0.1) is 0 Å². The minimum absolute atomic E-state index is 0.353. The van der Waals surface area contributed by atoms with Crippen LogP contribution >= 0.6 is 0 Å². The lowest BCUT2D eigenvalue weighted by molar-refractivity contribution is -0.0745. The zero-order chi connectivity index (χ0) is 7.28. The molecule has 0 aromatic rings. The first-order valence-corrected chi connectivity index (χ1v) is 2.74. The van der Waals surface area contributed by atoms with Crippen LogP contribution in [-0.4, -0.2) is 22.7 Å². The number of aliphatic hydroxyl groups is 1. The second kappa shape index (κ2) is 4.14. The van der Waals surface area contributed by atoms with Crippen LogP contribution in [0.5, 0.6) is 0 Å². The first-order chi connectivity index (χ1) is 4.16. The van der Waals surface area contributed by atoms with E-state index in [9.17, 15) is 4.79 Å². The molecule has 2 N–H and O–H groups in total. The fourth-order valence-electron chi connectivity index (χ4n) is 0.422. The van der Waals surface area contributed by atoms with Crippen molar-refractivity contribution in [2.45, 2.75) is 26.1 Å². The smallest absolute Gasteiger partial charge is 0.450 e. The molecule has 0 aromatic carbocycles. The van der Waals surface area contributed by atoms with Gasteiger partial charge >= 0.3 is 6.16 Å². The molecule has 0 saturated carbocycles. The standard InChI is InChI=1S/C5H10O4/c1-2-3-4(6)9-5(7)8/h4,6H,2-3H2,1H3,(H,7,8)/t4-/m0/s1.